The zero-order valence-corrected chi connectivity index (χ0v) is 14.2. The predicted octanol–water partition coefficient (Wildman–Crippen LogP) is 2.76. The van der Waals surface area contributed by atoms with E-state index in [1.807, 2.05) is 0 Å². The first kappa shape index (κ1) is 13.9. The fraction of sp³-hybridized carbons (Fsp3) is 0.875. The van der Waals surface area contributed by atoms with Gasteiger partial charge in [0.05, 0.1) is 0 Å². The lowest BCUT2D eigenvalue weighted by molar-refractivity contribution is 0.173. The van der Waals surface area contributed by atoms with Gasteiger partial charge in [-0.15, -0.1) is 10.2 Å². The monoisotopic (exact) mass is 306 g/mol. The van der Waals surface area contributed by atoms with Gasteiger partial charge in [-0.3, -0.25) is 4.90 Å². The van der Waals surface area contributed by atoms with Crippen molar-refractivity contribution in [1.82, 2.24) is 15.1 Å². The lowest BCUT2D eigenvalue weighted by Gasteiger charge is -2.33. The second kappa shape index (κ2) is 4.92. The molecule has 0 N–H and O–H groups in total. The topological polar surface area (TPSA) is 32.3 Å². The van der Waals surface area contributed by atoms with E-state index >= 15 is 0 Å². The average Bonchev–Trinajstić information content (AvgIpc) is 3.11. The summed E-state index contributed by atoms with van der Waals surface area (Å²) in [5, 5.41) is 11.2. The van der Waals surface area contributed by atoms with Gasteiger partial charge in [-0.25, -0.2) is 0 Å². The highest BCUT2D eigenvalue weighted by molar-refractivity contribution is 7.15. The fourth-order valence-corrected chi connectivity index (χ4v) is 5.28. The van der Waals surface area contributed by atoms with Gasteiger partial charge in [-0.1, -0.05) is 38.5 Å². The third-order valence-electron chi connectivity index (χ3n) is 5.45. The Balaban J connectivity index is 1.49. The van der Waals surface area contributed by atoms with Gasteiger partial charge in [0, 0.05) is 31.1 Å². The van der Waals surface area contributed by atoms with Crippen LogP contribution in [0.2, 0.25) is 0 Å². The lowest BCUT2D eigenvalue weighted by Crippen LogP contribution is -2.39. The number of aromatic nitrogens is 2. The molecule has 0 aliphatic carbocycles. The van der Waals surface area contributed by atoms with Crippen LogP contribution in [0.1, 0.15) is 45.0 Å². The van der Waals surface area contributed by atoms with Crippen molar-refractivity contribution in [3.63, 3.8) is 0 Å². The quantitative estimate of drug-likeness (QED) is 0.798. The van der Waals surface area contributed by atoms with Crippen molar-refractivity contribution in [1.29, 1.82) is 0 Å². The van der Waals surface area contributed by atoms with Crippen molar-refractivity contribution in [3.8, 4) is 0 Å². The average molecular weight is 306 g/mol. The van der Waals surface area contributed by atoms with Gasteiger partial charge < -0.3 is 4.90 Å². The number of nitrogens with zero attached hydrogens (tertiary/aromatic N) is 4. The van der Waals surface area contributed by atoms with Crippen molar-refractivity contribution in [2.75, 3.05) is 31.1 Å². The minimum Gasteiger partial charge on any atom is -0.346 e. The van der Waals surface area contributed by atoms with Crippen molar-refractivity contribution in [3.05, 3.63) is 5.01 Å². The van der Waals surface area contributed by atoms with Crippen molar-refractivity contribution in [2.45, 2.75) is 51.5 Å². The van der Waals surface area contributed by atoms with Crippen LogP contribution < -0.4 is 4.90 Å². The second-order valence-corrected chi connectivity index (χ2v) is 8.98. The van der Waals surface area contributed by atoms with Crippen LogP contribution in [-0.2, 0) is 5.41 Å². The van der Waals surface area contributed by atoms with E-state index in [2.05, 4.69) is 40.8 Å². The largest absolute Gasteiger partial charge is 0.346 e. The minimum atomic E-state index is 0.117. The van der Waals surface area contributed by atoms with Gasteiger partial charge >= 0.3 is 0 Å². The first-order valence-corrected chi connectivity index (χ1v) is 9.17. The maximum atomic E-state index is 4.48. The molecule has 4 rings (SSSR count). The highest BCUT2D eigenvalue weighted by atomic mass is 32.1. The van der Waals surface area contributed by atoms with Crippen molar-refractivity contribution in [2.24, 2.45) is 11.8 Å². The zero-order valence-electron chi connectivity index (χ0n) is 13.4. The highest BCUT2D eigenvalue weighted by Crippen LogP contribution is 2.42. The summed E-state index contributed by atoms with van der Waals surface area (Å²) < 4.78 is 0. The Bertz CT molecular complexity index is 521. The molecule has 0 radical (unpaired) electrons. The third kappa shape index (κ3) is 2.38. The highest BCUT2D eigenvalue weighted by Gasteiger charge is 2.47. The first-order chi connectivity index (χ1) is 10.0. The number of piperidine rings is 1. The smallest absolute Gasteiger partial charge is 0.208 e. The predicted molar refractivity (Wildman–Crippen MR) is 87.0 cm³/mol. The van der Waals surface area contributed by atoms with E-state index < -0.39 is 0 Å². The SMILES string of the molecule is CC(C)(C)c1nnc(N2C[C@@H]3CN4CCCC[C@@H]4[C@@H]3C2)s1. The maximum absolute atomic E-state index is 4.48. The molecule has 0 aromatic carbocycles. The number of rotatable bonds is 1. The van der Waals surface area contributed by atoms with Crippen LogP contribution in [0.5, 0.6) is 0 Å². The van der Waals surface area contributed by atoms with Crippen molar-refractivity contribution >= 4 is 16.5 Å². The van der Waals surface area contributed by atoms with Gasteiger partial charge in [-0.05, 0) is 31.2 Å². The molecule has 4 heterocycles. The molecule has 1 aromatic rings. The van der Waals surface area contributed by atoms with Gasteiger partial charge in [-0.2, -0.15) is 0 Å². The molecule has 3 fully saturated rings. The van der Waals surface area contributed by atoms with E-state index in [-0.39, 0.29) is 5.41 Å². The standard InChI is InChI=1S/C16H26N4S/c1-16(2,3)14-17-18-15(21-14)20-9-11-8-19-7-5-4-6-13(19)12(11)10-20/h11-13H,4-10H2,1-3H3/t11-,12+,13+/m0/s1. The summed E-state index contributed by atoms with van der Waals surface area (Å²) in [5.74, 6) is 1.72. The first-order valence-electron chi connectivity index (χ1n) is 8.35. The number of hydrogen-bond donors (Lipinski definition) is 0. The lowest BCUT2D eigenvalue weighted by atomic mass is 9.90. The molecular weight excluding hydrogens is 280 g/mol. The molecule has 0 spiro atoms. The molecule has 0 saturated carbocycles. The summed E-state index contributed by atoms with van der Waals surface area (Å²) in [6, 6.07) is 0.851. The molecule has 0 bridgehead atoms. The Morgan fingerprint density at radius 3 is 2.71 bits per heavy atom. The Morgan fingerprint density at radius 2 is 1.95 bits per heavy atom. The summed E-state index contributed by atoms with van der Waals surface area (Å²) in [4.78, 5) is 5.27. The Kier molecular flexibility index (Phi) is 3.26. The molecule has 1 aromatic heterocycles. The van der Waals surface area contributed by atoms with Gasteiger partial charge in [0.2, 0.25) is 5.13 Å². The van der Waals surface area contributed by atoms with Crippen LogP contribution in [0.15, 0.2) is 0 Å². The second-order valence-electron chi connectivity index (χ2n) is 8.03. The summed E-state index contributed by atoms with van der Waals surface area (Å²) in [6.45, 7) is 11.7. The molecule has 0 unspecified atom stereocenters. The minimum absolute atomic E-state index is 0.117. The van der Waals surface area contributed by atoms with Crippen LogP contribution in [0.3, 0.4) is 0 Å². The molecule has 116 valence electrons. The van der Waals surface area contributed by atoms with E-state index in [4.69, 9.17) is 0 Å². The van der Waals surface area contributed by atoms with E-state index in [9.17, 15) is 0 Å². The number of fused-ring (bicyclic) bond motifs is 3. The van der Waals surface area contributed by atoms with Gasteiger partial charge in [0.25, 0.3) is 0 Å². The molecule has 3 aliphatic heterocycles. The Labute approximate surface area is 131 Å². The summed E-state index contributed by atoms with van der Waals surface area (Å²) in [6.07, 6.45) is 4.25. The molecule has 3 saturated heterocycles. The van der Waals surface area contributed by atoms with Crippen LogP contribution in [0.4, 0.5) is 5.13 Å². The third-order valence-corrected chi connectivity index (χ3v) is 6.86. The normalized spacial score (nSPS) is 33.3. The van der Waals surface area contributed by atoms with Crippen LogP contribution in [0.25, 0.3) is 0 Å². The Hall–Kier alpha value is -0.680. The summed E-state index contributed by atoms with van der Waals surface area (Å²) in [7, 11) is 0. The molecule has 3 atom stereocenters. The Morgan fingerprint density at radius 1 is 1.10 bits per heavy atom. The van der Waals surface area contributed by atoms with Crippen LogP contribution in [-0.4, -0.2) is 47.3 Å². The molecule has 4 nitrogen and oxygen atoms in total. The van der Waals surface area contributed by atoms with E-state index in [0.29, 0.717) is 0 Å². The van der Waals surface area contributed by atoms with Gasteiger partial charge in [0.15, 0.2) is 0 Å². The molecular formula is C16H26N4S. The van der Waals surface area contributed by atoms with Crippen LogP contribution >= 0.6 is 11.3 Å². The van der Waals surface area contributed by atoms with Crippen LogP contribution in [0, 0.1) is 11.8 Å². The summed E-state index contributed by atoms with van der Waals surface area (Å²) >= 11 is 1.80. The molecule has 21 heavy (non-hydrogen) atoms. The molecule has 0 amide bonds. The van der Waals surface area contributed by atoms with E-state index in [1.165, 1.54) is 45.4 Å². The van der Waals surface area contributed by atoms with Crippen molar-refractivity contribution < 1.29 is 0 Å². The summed E-state index contributed by atoms with van der Waals surface area (Å²) in [5.41, 5.74) is 0.117. The van der Waals surface area contributed by atoms with Gasteiger partial charge in [0.1, 0.15) is 5.01 Å². The zero-order chi connectivity index (χ0) is 14.6. The fourth-order valence-electron chi connectivity index (χ4n) is 4.36. The molecule has 3 aliphatic rings. The van der Waals surface area contributed by atoms with E-state index in [1.54, 1.807) is 11.3 Å². The maximum Gasteiger partial charge on any atom is 0.208 e. The van der Waals surface area contributed by atoms with E-state index in [0.717, 1.165) is 28.0 Å². The molecule has 5 heteroatoms. The number of anilines is 1. The number of hydrogen-bond acceptors (Lipinski definition) is 5.